The van der Waals surface area contributed by atoms with E-state index in [2.05, 4.69) is 36.6 Å². The van der Waals surface area contributed by atoms with Crippen molar-refractivity contribution in [1.29, 1.82) is 5.26 Å². The van der Waals surface area contributed by atoms with Gasteiger partial charge in [-0.05, 0) is 12.1 Å². The number of methoxy groups -OCH3 is 1. The molecule has 3 aromatic rings. The third-order valence-corrected chi connectivity index (χ3v) is 4.64. The molecule has 4 nitrogen and oxygen atoms in total. The second-order valence-electron chi connectivity index (χ2n) is 6.46. The SMILES string of the molecule is COc1cccc(-c2nc3scc(C(C)(C)C)n3c2CC#N)c1. The first-order valence-electron chi connectivity index (χ1n) is 7.46. The van der Waals surface area contributed by atoms with Gasteiger partial charge in [-0.15, -0.1) is 11.3 Å². The molecule has 3 rings (SSSR count). The Morgan fingerprint density at radius 2 is 2.13 bits per heavy atom. The second kappa shape index (κ2) is 5.71. The molecule has 0 unspecified atom stereocenters. The predicted octanol–water partition coefficient (Wildman–Crippen LogP) is 4.43. The van der Waals surface area contributed by atoms with Crippen molar-refractivity contribution in [3.05, 3.63) is 41.0 Å². The van der Waals surface area contributed by atoms with E-state index in [1.54, 1.807) is 18.4 Å². The molecule has 0 amide bonds. The van der Waals surface area contributed by atoms with Gasteiger partial charge >= 0.3 is 0 Å². The number of aromatic nitrogens is 2. The summed E-state index contributed by atoms with van der Waals surface area (Å²) in [7, 11) is 1.65. The zero-order chi connectivity index (χ0) is 16.6. The number of benzene rings is 1. The molecule has 0 spiro atoms. The highest BCUT2D eigenvalue weighted by Gasteiger charge is 2.24. The van der Waals surface area contributed by atoms with Crippen molar-refractivity contribution < 1.29 is 4.74 Å². The summed E-state index contributed by atoms with van der Waals surface area (Å²) in [4.78, 5) is 5.71. The van der Waals surface area contributed by atoms with Crippen LogP contribution in [0.15, 0.2) is 29.6 Å². The van der Waals surface area contributed by atoms with E-state index < -0.39 is 0 Å². The lowest BCUT2D eigenvalue weighted by atomic mass is 9.93. The number of fused-ring (bicyclic) bond motifs is 1. The molecule has 0 aliphatic carbocycles. The van der Waals surface area contributed by atoms with Crippen LogP contribution in [0, 0.1) is 11.3 Å². The lowest BCUT2D eigenvalue weighted by Crippen LogP contribution is -2.15. The Hall–Kier alpha value is -2.32. The smallest absolute Gasteiger partial charge is 0.194 e. The summed E-state index contributed by atoms with van der Waals surface area (Å²) in [6.07, 6.45) is 0.327. The Kier molecular flexibility index (Phi) is 3.87. The Morgan fingerprint density at radius 1 is 1.35 bits per heavy atom. The van der Waals surface area contributed by atoms with Crippen LogP contribution in [0.2, 0.25) is 0 Å². The average molecular weight is 325 g/mol. The molecule has 0 fully saturated rings. The Balaban J connectivity index is 2.27. The summed E-state index contributed by atoms with van der Waals surface area (Å²) in [5.74, 6) is 0.790. The first-order valence-corrected chi connectivity index (χ1v) is 8.34. The maximum absolute atomic E-state index is 9.29. The van der Waals surface area contributed by atoms with Crippen LogP contribution in [0.25, 0.3) is 16.2 Å². The minimum absolute atomic E-state index is 0.00516. The molecule has 0 aliphatic heterocycles. The standard InChI is InChI=1S/C18H19N3OS/c1-18(2,3)15-11-23-17-20-16(14(8-9-19)21(15)17)12-6-5-7-13(10-12)22-4/h5-7,10-11H,8H2,1-4H3. The molecule has 1 aromatic carbocycles. The van der Waals surface area contributed by atoms with E-state index in [1.165, 1.54) is 5.69 Å². The van der Waals surface area contributed by atoms with E-state index in [4.69, 9.17) is 9.72 Å². The van der Waals surface area contributed by atoms with Crippen LogP contribution in [-0.2, 0) is 11.8 Å². The average Bonchev–Trinajstić information content (AvgIpc) is 3.07. The van der Waals surface area contributed by atoms with E-state index in [9.17, 15) is 5.26 Å². The Morgan fingerprint density at radius 3 is 2.78 bits per heavy atom. The molecule has 0 radical (unpaired) electrons. The van der Waals surface area contributed by atoms with Crippen molar-refractivity contribution in [2.24, 2.45) is 0 Å². The molecule has 23 heavy (non-hydrogen) atoms. The van der Waals surface area contributed by atoms with E-state index in [0.717, 1.165) is 27.7 Å². The number of nitriles is 1. The molecule has 118 valence electrons. The largest absolute Gasteiger partial charge is 0.497 e. The van der Waals surface area contributed by atoms with Crippen LogP contribution in [-0.4, -0.2) is 16.5 Å². The van der Waals surface area contributed by atoms with Gasteiger partial charge in [-0.1, -0.05) is 32.9 Å². The molecule has 0 atom stereocenters. The summed E-state index contributed by atoms with van der Waals surface area (Å²) in [6, 6.07) is 10.1. The first kappa shape index (κ1) is 15.6. The summed E-state index contributed by atoms with van der Waals surface area (Å²) in [5, 5.41) is 11.4. The Bertz CT molecular complexity index is 893. The maximum Gasteiger partial charge on any atom is 0.194 e. The molecular formula is C18H19N3OS. The van der Waals surface area contributed by atoms with E-state index >= 15 is 0 Å². The van der Waals surface area contributed by atoms with Crippen LogP contribution in [0.1, 0.15) is 32.2 Å². The quantitative estimate of drug-likeness (QED) is 0.715. The lowest BCUT2D eigenvalue weighted by Gasteiger charge is -2.18. The fourth-order valence-electron chi connectivity index (χ4n) is 2.67. The zero-order valence-electron chi connectivity index (χ0n) is 13.8. The van der Waals surface area contributed by atoms with Gasteiger partial charge in [0, 0.05) is 22.1 Å². The van der Waals surface area contributed by atoms with Crippen LogP contribution < -0.4 is 4.74 Å². The fourth-order valence-corrected chi connectivity index (χ4v) is 3.81. The van der Waals surface area contributed by atoms with Gasteiger partial charge in [0.15, 0.2) is 4.96 Å². The topological polar surface area (TPSA) is 50.3 Å². The number of nitrogens with zero attached hydrogens (tertiary/aromatic N) is 3. The number of ether oxygens (including phenoxy) is 1. The number of thiazole rings is 1. The number of hydrogen-bond donors (Lipinski definition) is 0. The third kappa shape index (κ3) is 2.71. The Labute approximate surface area is 140 Å². The lowest BCUT2D eigenvalue weighted by molar-refractivity contribution is 0.415. The van der Waals surface area contributed by atoms with Gasteiger partial charge in [0.2, 0.25) is 0 Å². The van der Waals surface area contributed by atoms with Gasteiger partial charge in [-0.3, -0.25) is 4.40 Å². The van der Waals surface area contributed by atoms with Gasteiger partial charge in [0.1, 0.15) is 5.75 Å². The minimum atomic E-state index is -0.00516. The monoisotopic (exact) mass is 325 g/mol. The van der Waals surface area contributed by atoms with Gasteiger partial charge in [0.05, 0.1) is 31.0 Å². The van der Waals surface area contributed by atoms with Crippen LogP contribution in [0.5, 0.6) is 5.75 Å². The molecule has 0 N–H and O–H groups in total. The highest BCUT2D eigenvalue weighted by atomic mass is 32.1. The van der Waals surface area contributed by atoms with Crippen molar-refractivity contribution in [1.82, 2.24) is 9.38 Å². The highest BCUT2D eigenvalue weighted by molar-refractivity contribution is 7.15. The third-order valence-electron chi connectivity index (χ3n) is 3.82. The second-order valence-corrected chi connectivity index (χ2v) is 7.30. The molecule has 0 aliphatic rings. The van der Waals surface area contributed by atoms with Gasteiger partial charge in [0.25, 0.3) is 0 Å². The van der Waals surface area contributed by atoms with Crippen LogP contribution in [0.4, 0.5) is 0 Å². The van der Waals surface area contributed by atoms with Gasteiger partial charge < -0.3 is 4.74 Å². The van der Waals surface area contributed by atoms with Crippen molar-refractivity contribution in [3.63, 3.8) is 0 Å². The summed E-state index contributed by atoms with van der Waals surface area (Å²) >= 11 is 1.62. The molecule has 0 bridgehead atoms. The predicted molar refractivity (Wildman–Crippen MR) is 93.1 cm³/mol. The van der Waals surface area contributed by atoms with E-state index in [-0.39, 0.29) is 5.41 Å². The normalized spacial score (nSPS) is 11.6. The fraction of sp³-hybridized carbons (Fsp3) is 0.333. The highest BCUT2D eigenvalue weighted by Crippen LogP contribution is 2.34. The van der Waals surface area contributed by atoms with E-state index in [0.29, 0.717) is 6.42 Å². The minimum Gasteiger partial charge on any atom is -0.497 e. The summed E-state index contributed by atoms with van der Waals surface area (Å²) in [5.41, 5.74) is 3.97. The number of imidazole rings is 1. The molecule has 0 saturated carbocycles. The molecule has 2 heterocycles. The van der Waals surface area contributed by atoms with Gasteiger partial charge in [-0.25, -0.2) is 4.98 Å². The van der Waals surface area contributed by atoms with Gasteiger partial charge in [-0.2, -0.15) is 5.26 Å². The van der Waals surface area contributed by atoms with Crippen molar-refractivity contribution in [2.75, 3.05) is 7.11 Å². The van der Waals surface area contributed by atoms with Crippen molar-refractivity contribution in [3.8, 4) is 23.1 Å². The number of hydrogen-bond acceptors (Lipinski definition) is 4. The maximum atomic E-state index is 9.29. The van der Waals surface area contributed by atoms with Crippen molar-refractivity contribution in [2.45, 2.75) is 32.6 Å². The molecule has 2 aromatic heterocycles. The molecular weight excluding hydrogens is 306 g/mol. The number of rotatable bonds is 3. The van der Waals surface area contributed by atoms with Crippen molar-refractivity contribution >= 4 is 16.3 Å². The molecule has 5 heteroatoms. The zero-order valence-corrected chi connectivity index (χ0v) is 14.6. The van der Waals surface area contributed by atoms with Crippen LogP contribution in [0.3, 0.4) is 0 Å². The van der Waals surface area contributed by atoms with Crippen LogP contribution >= 0.6 is 11.3 Å². The summed E-state index contributed by atoms with van der Waals surface area (Å²) < 4.78 is 7.45. The summed E-state index contributed by atoms with van der Waals surface area (Å²) in [6.45, 7) is 6.53. The van der Waals surface area contributed by atoms with E-state index in [1.807, 2.05) is 24.3 Å². The molecule has 0 saturated heterocycles. The first-order chi connectivity index (χ1) is 11.0.